The van der Waals surface area contributed by atoms with Crippen molar-refractivity contribution in [3.63, 3.8) is 0 Å². The largest absolute Gasteiger partial charge is 0.468 e. The van der Waals surface area contributed by atoms with E-state index in [1.54, 1.807) is 0 Å². The summed E-state index contributed by atoms with van der Waals surface area (Å²) in [6, 6.07) is -0.109. The first kappa shape index (κ1) is 13.7. The second kappa shape index (κ2) is 5.84. The number of methoxy groups -OCH3 is 1. The van der Waals surface area contributed by atoms with E-state index in [-0.39, 0.29) is 24.4 Å². The summed E-state index contributed by atoms with van der Waals surface area (Å²) in [5, 5.41) is 3.23. The molecular formula is C11H20ClNO3. The summed E-state index contributed by atoms with van der Waals surface area (Å²) in [6.07, 6.45) is 4.23. The van der Waals surface area contributed by atoms with Crippen LogP contribution in [-0.4, -0.2) is 38.9 Å². The Bertz CT molecular complexity index is 236. The third-order valence-corrected chi connectivity index (χ3v) is 3.72. The van der Waals surface area contributed by atoms with E-state index >= 15 is 0 Å². The van der Waals surface area contributed by atoms with Crippen LogP contribution in [0.25, 0.3) is 0 Å². The molecule has 0 amide bonds. The average molecular weight is 250 g/mol. The Morgan fingerprint density at radius 2 is 2.06 bits per heavy atom. The SMILES string of the molecule is COC(=O)C1CC2(CCN1)CCOCC2.Cl. The van der Waals surface area contributed by atoms with E-state index in [9.17, 15) is 4.79 Å². The van der Waals surface area contributed by atoms with Gasteiger partial charge in [-0.3, -0.25) is 4.79 Å². The fourth-order valence-electron chi connectivity index (χ4n) is 2.69. The quantitative estimate of drug-likeness (QED) is 0.708. The van der Waals surface area contributed by atoms with Crippen molar-refractivity contribution in [1.82, 2.24) is 5.32 Å². The summed E-state index contributed by atoms with van der Waals surface area (Å²) in [7, 11) is 1.45. The predicted molar refractivity (Wildman–Crippen MR) is 62.8 cm³/mol. The molecule has 0 aromatic carbocycles. The first-order valence-electron chi connectivity index (χ1n) is 5.65. The zero-order chi connectivity index (χ0) is 10.7. The van der Waals surface area contributed by atoms with Crippen molar-refractivity contribution in [1.29, 1.82) is 0 Å². The molecule has 0 aromatic heterocycles. The Labute approximate surface area is 102 Å². The van der Waals surface area contributed by atoms with Gasteiger partial charge in [-0.2, -0.15) is 0 Å². The molecule has 1 unspecified atom stereocenters. The maximum Gasteiger partial charge on any atom is 0.322 e. The lowest BCUT2D eigenvalue weighted by Crippen LogP contribution is -2.50. The number of halogens is 1. The average Bonchev–Trinajstić information content (AvgIpc) is 2.29. The van der Waals surface area contributed by atoms with Gasteiger partial charge in [0.15, 0.2) is 0 Å². The minimum atomic E-state index is -0.124. The highest BCUT2D eigenvalue weighted by atomic mass is 35.5. The molecule has 4 nitrogen and oxygen atoms in total. The number of rotatable bonds is 1. The van der Waals surface area contributed by atoms with Gasteiger partial charge in [0.1, 0.15) is 6.04 Å². The molecule has 2 fully saturated rings. The molecule has 2 heterocycles. The number of esters is 1. The molecule has 0 radical (unpaired) electrons. The van der Waals surface area contributed by atoms with Crippen LogP contribution in [0.1, 0.15) is 25.7 Å². The van der Waals surface area contributed by atoms with E-state index in [1.165, 1.54) is 7.11 Å². The summed E-state index contributed by atoms with van der Waals surface area (Å²) in [5.41, 5.74) is 0.322. The van der Waals surface area contributed by atoms with Gasteiger partial charge in [0, 0.05) is 13.2 Å². The van der Waals surface area contributed by atoms with Gasteiger partial charge >= 0.3 is 5.97 Å². The maximum absolute atomic E-state index is 11.5. The molecule has 16 heavy (non-hydrogen) atoms. The third kappa shape index (κ3) is 2.87. The number of carbonyl (C=O) groups is 1. The van der Waals surface area contributed by atoms with Gasteiger partial charge in [-0.25, -0.2) is 0 Å². The normalized spacial score (nSPS) is 28.2. The minimum Gasteiger partial charge on any atom is -0.468 e. The van der Waals surface area contributed by atoms with Crippen molar-refractivity contribution in [2.75, 3.05) is 26.9 Å². The lowest BCUT2D eigenvalue weighted by atomic mass is 9.71. The molecule has 0 aromatic rings. The first-order chi connectivity index (χ1) is 7.26. The highest BCUT2D eigenvalue weighted by molar-refractivity contribution is 5.85. The Hall–Kier alpha value is -0.320. The number of hydrogen-bond donors (Lipinski definition) is 1. The van der Waals surface area contributed by atoms with Crippen LogP contribution in [0.15, 0.2) is 0 Å². The van der Waals surface area contributed by atoms with Crippen molar-refractivity contribution >= 4 is 18.4 Å². The van der Waals surface area contributed by atoms with Crippen molar-refractivity contribution in [2.45, 2.75) is 31.7 Å². The Kier molecular flexibility index (Phi) is 5.02. The number of nitrogens with one attached hydrogen (secondary N) is 1. The molecule has 2 rings (SSSR count). The van der Waals surface area contributed by atoms with E-state index in [1.807, 2.05) is 0 Å². The molecule has 94 valence electrons. The number of ether oxygens (including phenoxy) is 2. The maximum atomic E-state index is 11.5. The van der Waals surface area contributed by atoms with Crippen molar-refractivity contribution in [3.05, 3.63) is 0 Å². The van der Waals surface area contributed by atoms with Crippen LogP contribution in [0.3, 0.4) is 0 Å². The number of piperidine rings is 1. The molecule has 1 atom stereocenters. The Morgan fingerprint density at radius 1 is 1.38 bits per heavy atom. The fourth-order valence-corrected chi connectivity index (χ4v) is 2.69. The van der Waals surface area contributed by atoms with E-state index in [0.29, 0.717) is 5.41 Å². The van der Waals surface area contributed by atoms with Crippen molar-refractivity contribution in [3.8, 4) is 0 Å². The van der Waals surface area contributed by atoms with Gasteiger partial charge in [-0.1, -0.05) is 0 Å². The lowest BCUT2D eigenvalue weighted by Gasteiger charge is -2.43. The Morgan fingerprint density at radius 3 is 2.69 bits per heavy atom. The summed E-state index contributed by atoms with van der Waals surface area (Å²) < 4.78 is 10.2. The summed E-state index contributed by atoms with van der Waals surface area (Å²) in [4.78, 5) is 11.5. The zero-order valence-corrected chi connectivity index (χ0v) is 10.5. The van der Waals surface area contributed by atoms with Gasteiger partial charge < -0.3 is 14.8 Å². The molecule has 1 spiro atoms. The summed E-state index contributed by atoms with van der Waals surface area (Å²) >= 11 is 0. The molecular weight excluding hydrogens is 230 g/mol. The first-order valence-corrected chi connectivity index (χ1v) is 5.65. The van der Waals surface area contributed by atoms with E-state index in [0.717, 1.165) is 45.4 Å². The number of carbonyl (C=O) groups excluding carboxylic acids is 1. The summed E-state index contributed by atoms with van der Waals surface area (Å²) in [6.45, 7) is 2.60. The van der Waals surface area contributed by atoms with Crippen molar-refractivity contribution in [2.24, 2.45) is 5.41 Å². The van der Waals surface area contributed by atoms with Crippen LogP contribution in [0.4, 0.5) is 0 Å². The standard InChI is InChI=1S/C11H19NO3.ClH/c1-14-10(13)9-8-11(2-5-12-9)3-6-15-7-4-11;/h9,12H,2-8H2,1H3;1H. The molecule has 1 N–H and O–H groups in total. The van der Waals surface area contributed by atoms with Crippen molar-refractivity contribution < 1.29 is 14.3 Å². The third-order valence-electron chi connectivity index (χ3n) is 3.72. The topological polar surface area (TPSA) is 47.6 Å². The van der Waals surface area contributed by atoms with E-state index in [2.05, 4.69) is 5.32 Å². The zero-order valence-electron chi connectivity index (χ0n) is 9.66. The van der Waals surface area contributed by atoms with Crippen LogP contribution in [-0.2, 0) is 14.3 Å². The second-order valence-corrected chi connectivity index (χ2v) is 4.60. The second-order valence-electron chi connectivity index (χ2n) is 4.60. The smallest absolute Gasteiger partial charge is 0.322 e. The van der Waals surface area contributed by atoms with Crippen LogP contribution in [0.2, 0.25) is 0 Å². The van der Waals surface area contributed by atoms with Gasteiger partial charge in [0.05, 0.1) is 7.11 Å². The molecule has 2 aliphatic heterocycles. The molecule has 2 aliphatic rings. The van der Waals surface area contributed by atoms with E-state index in [4.69, 9.17) is 9.47 Å². The molecule has 2 saturated heterocycles. The molecule has 0 bridgehead atoms. The van der Waals surface area contributed by atoms with E-state index < -0.39 is 0 Å². The Balaban J connectivity index is 0.00000128. The molecule has 5 heteroatoms. The van der Waals surface area contributed by atoms with Crippen LogP contribution >= 0.6 is 12.4 Å². The predicted octanol–water partition coefficient (Wildman–Crippen LogP) is 1.13. The van der Waals surface area contributed by atoms with Gasteiger partial charge in [0.2, 0.25) is 0 Å². The van der Waals surface area contributed by atoms with Gasteiger partial charge in [-0.15, -0.1) is 12.4 Å². The van der Waals surface area contributed by atoms with Crippen LogP contribution in [0.5, 0.6) is 0 Å². The van der Waals surface area contributed by atoms with Gasteiger partial charge in [-0.05, 0) is 37.6 Å². The number of hydrogen-bond acceptors (Lipinski definition) is 4. The highest BCUT2D eigenvalue weighted by Gasteiger charge is 2.40. The molecule has 0 aliphatic carbocycles. The van der Waals surface area contributed by atoms with Crippen LogP contribution in [0, 0.1) is 5.41 Å². The van der Waals surface area contributed by atoms with Crippen LogP contribution < -0.4 is 5.32 Å². The van der Waals surface area contributed by atoms with Gasteiger partial charge in [0.25, 0.3) is 0 Å². The monoisotopic (exact) mass is 249 g/mol. The summed E-state index contributed by atoms with van der Waals surface area (Å²) in [5.74, 6) is -0.124. The minimum absolute atomic E-state index is 0. The molecule has 0 saturated carbocycles. The lowest BCUT2D eigenvalue weighted by molar-refractivity contribution is -0.146. The highest BCUT2D eigenvalue weighted by Crippen LogP contribution is 2.40. The fraction of sp³-hybridized carbons (Fsp3) is 0.909.